The third-order valence-corrected chi connectivity index (χ3v) is 3.62. The van der Waals surface area contributed by atoms with Crippen LogP contribution < -0.4 is 11.1 Å². The highest BCUT2D eigenvalue weighted by atomic mass is 32.2. The summed E-state index contributed by atoms with van der Waals surface area (Å²) in [6.45, 7) is 2.36. The number of benzene rings is 1. The molecule has 1 atom stereocenters. The van der Waals surface area contributed by atoms with Crippen molar-refractivity contribution < 1.29 is 9.59 Å². The van der Waals surface area contributed by atoms with E-state index in [9.17, 15) is 9.59 Å². The van der Waals surface area contributed by atoms with Crippen molar-refractivity contribution in [1.29, 1.82) is 0 Å². The van der Waals surface area contributed by atoms with Crippen molar-refractivity contribution in [2.24, 2.45) is 5.73 Å². The summed E-state index contributed by atoms with van der Waals surface area (Å²) < 4.78 is 0. The van der Waals surface area contributed by atoms with Crippen LogP contribution in [0.25, 0.3) is 0 Å². The molecule has 0 spiro atoms. The zero-order valence-electron chi connectivity index (χ0n) is 11.3. The Bertz CT molecular complexity index is 448. The highest BCUT2D eigenvalue weighted by Gasteiger charge is 2.19. The van der Waals surface area contributed by atoms with Crippen LogP contribution in [0.4, 0.5) is 4.79 Å². The fourth-order valence-corrected chi connectivity index (χ4v) is 1.99. The molecule has 0 saturated carbocycles. The number of carbonyl (C=O) groups excluding carboxylic acids is 2. The van der Waals surface area contributed by atoms with E-state index in [0.29, 0.717) is 6.54 Å². The van der Waals surface area contributed by atoms with Crippen LogP contribution >= 0.6 is 11.8 Å². The molecule has 3 amide bonds. The summed E-state index contributed by atoms with van der Waals surface area (Å²) >= 11 is 1.69. The summed E-state index contributed by atoms with van der Waals surface area (Å²) in [5.74, 6) is -0.393. The molecule has 3 N–H and O–H groups in total. The second-order valence-corrected chi connectivity index (χ2v) is 5.17. The largest absolute Gasteiger partial charge is 0.351 e. The number of nitrogens with one attached hydrogen (secondary N) is 1. The molecule has 19 heavy (non-hydrogen) atoms. The minimum absolute atomic E-state index is 0.393. The van der Waals surface area contributed by atoms with Crippen molar-refractivity contribution in [3.8, 4) is 0 Å². The van der Waals surface area contributed by atoms with Gasteiger partial charge in [-0.1, -0.05) is 12.1 Å². The Morgan fingerprint density at radius 3 is 2.42 bits per heavy atom. The molecule has 0 radical (unpaired) electrons. The van der Waals surface area contributed by atoms with Gasteiger partial charge in [0.1, 0.15) is 0 Å². The standard InChI is InChI=1S/C13H19N3O2S/c1-9(12(17)15-13(14)18)16(2)8-10-4-6-11(19-3)7-5-10/h4-7,9H,8H2,1-3H3,(H3,14,15,17,18)/t9-/m1/s1. The number of hydrogen-bond acceptors (Lipinski definition) is 4. The van der Waals surface area contributed by atoms with E-state index in [1.54, 1.807) is 18.7 Å². The topological polar surface area (TPSA) is 75.4 Å². The number of likely N-dealkylation sites (N-methyl/N-ethyl adjacent to an activating group) is 1. The molecular formula is C13H19N3O2S. The fraction of sp³-hybridized carbons (Fsp3) is 0.385. The van der Waals surface area contributed by atoms with E-state index in [0.717, 1.165) is 5.56 Å². The number of hydrogen-bond donors (Lipinski definition) is 2. The number of thioether (sulfide) groups is 1. The summed E-state index contributed by atoms with van der Waals surface area (Å²) in [6, 6.07) is 6.90. The molecule has 104 valence electrons. The van der Waals surface area contributed by atoms with Gasteiger partial charge in [0.15, 0.2) is 0 Å². The quantitative estimate of drug-likeness (QED) is 0.800. The fourth-order valence-electron chi connectivity index (χ4n) is 1.58. The number of urea groups is 1. The second kappa shape index (κ2) is 7.16. The average molecular weight is 281 g/mol. The van der Waals surface area contributed by atoms with E-state index >= 15 is 0 Å². The lowest BCUT2D eigenvalue weighted by atomic mass is 10.2. The Morgan fingerprint density at radius 1 is 1.37 bits per heavy atom. The van der Waals surface area contributed by atoms with Crippen molar-refractivity contribution >= 4 is 23.7 Å². The molecule has 5 nitrogen and oxygen atoms in total. The summed E-state index contributed by atoms with van der Waals surface area (Å²) in [6.07, 6.45) is 2.03. The molecular weight excluding hydrogens is 262 g/mol. The minimum Gasteiger partial charge on any atom is -0.351 e. The van der Waals surface area contributed by atoms with Gasteiger partial charge in [-0.25, -0.2) is 4.79 Å². The zero-order chi connectivity index (χ0) is 14.4. The van der Waals surface area contributed by atoms with Crippen LogP contribution in [-0.4, -0.2) is 36.2 Å². The number of amides is 3. The minimum atomic E-state index is -0.824. The van der Waals surface area contributed by atoms with E-state index in [4.69, 9.17) is 5.73 Å². The Labute approximate surface area is 117 Å². The molecule has 0 aromatic heterocycles. The molecule has 0 saturated heterocycles. The highest BCUT2D eigenvalue weighted by Crippen LogP contribution is 2.16. The zero-order valence-corrected chi connectivity index (χ0v) is 12.2. The monoisotopic (exact) mass is 281 g/mol. The van der Waals surface area contributed by atoms with Crippen molar-refractivity contribution in [1.82, 2.24) is 10.2 Å². The van der Waals surface area contributed by atoms with Gasteiger partial charge in [0, 0.05) is 11.4 Å². The normalized spacial score (nSPS) is 12.2. The summed E-state index contributed by atoms with van der Waals surface area (Å²) in [7, 11) is 1.83. The van der Waals surface area contributed by atoms with Gasteiger partial charge in [-0.2, -0.15) is 0 Å². The third-order valence-electron chi connectivity index (χ3n) is 2.88. The van der Waals surface area contributed by atoms with Crippen LogP contribution in [0.2, 0.25) is 0 Å². The number of carbonyl (C=O) groups is 2. The highest BCUT2D eigenvalue weighted by molar-refractivity contribution is 7.98. The molecule has 1 aromatic carbocycles. The predicted molar refractivity (Wildman–Crippen MR) is 76.9 cm³/mol. The van der Waals surface area contributed by atoms with Crippen LogP contribution in [0.5, 0.6) is 0 Å². The molecule has 0 bridgehead atoms. The first-order valence-corrected chi connectivity index (χ1v) is 7.10. The molecule has 0 unspecified atom stereocenters. The number of nitrogens with zero attached hydrogens (tertiary/aromatic N) is 1. The van der Waals surface area contributed by atoms with Gasteiger partial charge in [-0.3, -0.25) is 15.0 Å². The maximum absolute atomic E-state index is 11.6. The summed E-state index contributed by atoms with van der Waals surface area (Å²) in [5.41, 5.74) is 6.03. The van der Waals surface area contributed by atoms with Gasteiger partial charge in [0.2, 0.25) is 5.91 Å². The molecule has 6 heteroatoms. The number of nitrogens with two attached hydrogens (primary N) is 1. The van der Waals surface area contributed by atoms with Gasteiger partial charge in [-0.05, 0) is 37.9 Å². The Morgan fingerprint density at radius 2 is 1.95 bits per heavy atom. The van der Waals surface area contributed by atoms with E-state index < -0.39 is 18.0 Å². The number of imide groups is 1. The molecule has 0 heterocycles. The third kappa shape index (κ3) is 4.92. The van der Waals surface area contributed by atoms with E-state index in [2.05, 4.69) is 5.32 Å². The van der Waals surface area contributed by atoms with Crippen molar-refractivity contribution in [2.75, 3.05) is 13.3 Å². The number of rotatable bonds is 5. The van der Waals surface area contributed by atoms with Crippen molar-refractivity contribution in [3.63, 3.8) is 0 Å². The Hall–Kier alpha value is -1.53. The first-order chi connectivity index (χ1) is 8.93. The maximum Gasteiger partial charge on any atom is 0.318 e. The summed E-state index contributed by atoms with van der Waals surface area (Å²) in [5, 5.41) is 2.08. The average Bonchev–Trinajstić information content (AvgIpc) is 2.37. The lowest BCUT2D eigenvalue weighted by molar-refractivity contribution is -0.124. The van der Waals surface area contributed by atoms with Crippen LogP contribution in [-0.2, 0) is 11.3 Å². The molecule has 0 aliphatic heterocycles. The molecule has 1 aromatic rings. The van der Waals surface area contributed by atoms with Gasteiger partial charge >= 0.3 is 6.03 Å². The van der Waals surface area contributed by atoms with Crippen molar-refractivity contribution in [3.05, 3.63) is 29.8 Å². The molecule has 0 fully saturated rings. The molecule has 0 aliphatic rings. The van der Waals surface area contributed by atoms with Gasteiger partial charge < -0.3 is 5.73 Å². The van der Waals surface area contributed by atoms with Crippen molar-refractivity contribution in [2.45, 2.75) is 24.4 Å². The first kappa shape index (κ1) is 15.5. The number of primary amides is 1. The molecule has 1 rings (SSSR count). The van der Waals surface area contributed by atoms with Gasteiger partial charge in [0.25, 0.3) is 0 Å². The van der Waals surface area contributed by atoms with Gasteiger partial charge in [0.05, 0.1) is 6.04 Å². The second-order valence-electron chi connectivity index (χ2n) is 4.29. The Balaban J connectivity index is 2.59. The van der Waals surface area contributed by atoms with E-state index in [1.807, 2.05) is 42.5 Å². The van der Waals surface area contributed by atoms with Crippen LogP contribution in [0.1, 0.15) is 12.5 Å². The van der Waals surface area contributed by atoms with Crippen LogP contribution in [0, 0.1) is 0 Å². The Kier molecular flexibility index (Phi) is 5.85. The molecule has 0 aliphatic carbocycles. The van der Waals surface area contributed by atoms with Crippen LogP contribution in [0.3, 0.4) is 0 Å². The first-order valence-electron chi connectivity index (χ1n) is 5.87. The summed E-state index contributed by atoms with van der Waals surface area (Å²) in [4.78, 5) is 25.3. The van der Waals surface area contributed by atoms with E-state index in [-0.39, 0.29) is 0 Å². The van der Waals surface area contributed by atoms with E-state index in [1.165, 1.54) is 4.90 Å². The smallest absolute Gasteiger partial charge is 0.318 e. The van der Waals surface area contributed by atoms with Gasteiger partial charge in [-0.15, -0.1) is 11.8 Å². The SMILES string of the molecule is CSc1ccc(CN(C)[C@H](C)C(=O)NC(N)=O)cc1. The maximum atomic E-state index is 11.6. The lowest BCUT2D eigenvalue weighted by Gasteiger charge is -2.23. The van der Waals surface area contributed by atoms with Crippen LogP contribution in [0.15, 0.2) is 29.2 Å². The lowest BCUT2D eigenvalue weighted by Crippen LogP contribution is -2.46. The predicted octanol–water partition coefficient (Wildman–Crippen LogP) is 1.42.